The minimum atomic E-state index is -0.831. The van der Waals surface area contributed by atoms with Crippen molar-refractivity contribution in [1.82, 2.24) is 15.1 Å². The molecule has 0 aliphatic carbocycles. The van der Waals surface area contributed by atoms with Gasteiger partial charge in [0.05, 0.1) is 30.6 Å². The van der Waals surface area contributed by atoms with Crippen molar-refractivity contribution in [3.63, 3.8) is 0 Å². The third-order valence-corrected chi connectivity index (χ3v) is 4.09. The number of aryl methyl sites for hydroxylation is 1. The molecule has 3 rings (SSSR count). The molecule has 26 heavy (non-hydrogen) atoms. The summed E-state index contributed by atoms with van der Waals surface area (Å²) in [6.45, 7) is 0. The fraction of sp³-hybridized carbons (Fsp3) is 0.150. The Morgan fingerprint density at radius 3 is 2.58 bits per heavy atom. The van der Waals surface area contributed by atoms with E-state index in [0.717, 1.165) is 5.56 Å². The summed E-state index contributed by atoms with van der Waals surface area (Å²) in [5.41, 5.74) is 2.59. The standard InChI is InChI=1S/C20H18N4O2/c1-24-19(14-8-4-3-5-9-14)16(13-22-24)20(25)23-17(12-21)15-10-6-7-11-18(15)26-2/h3-11,13,17H,1-2H3,(H,23,25)/t17-/m0/s1. The van der Waals surface area contributed by atoms with Gasteiger partial charge in [0.1, 0.15) is 11.8 Å². The topological polar surface area (TPSA) is 79.9 Å². The molecular formula is C20H18N4O2. The second kappa shape index (κ2) is 7.53. The summed E-state index contributed by atoms with van der Waals surface area (Å²) in [6, 6.07) is 17.9. The summed E-state index contributed by atoms with van der Waals surface area (Å²) in [5, 5.41) is 16.5. The molecule has 0 saturated heterocycles. The van der Waals surface area contributed by atoms with Gasteiger partial charge < -0.3 is 10.1 Å². The van der Waals surface area contributed by atoms with Gasteiger partial charge in [-0.25, -0.2) is 0 Å². The summed E-state index contributed by atoms with van der Waals surface area (Å²) in [7, 11) is 3.31. The van der Waals surface area contributed by atoms with Crippen LogP contribution in [0.15, 0.2) is 60.8 Å². The highest BCUT2D eigenvalue weighted by molar-refractivity contribution is 6.00. The second-order valence-electron chi connectivity index (χ2n) is 5.67. The molecule has 1 aromatic heterocycles. The van der Waals surface area contributed by atoms with E-state index in [9.17, 15) is 10.1 Å². The Balaban J connectivity index is 1.92. The van der Waals surface area contributed by atoms with E-state index in [-0.39, 0.29) is 5.91 Å². The van der Waals surface area contributed by atoms with E-state index in [2.05, 4.69) is 16.5 Å². The minimum Gasteiger partial charge on any atom is -0.496 e. The molecule has 0 aliphatic rings. The Hall–Kier alpha value is -3.59. The highest BCUT2D eigenvalue weighted by atomic mass is 16.5. The van der Waals surface area contributed by atoms with E-state index in [1.165, 1.54) is 13.3 Å². The van der Waals surface area contributed by atoms with Crippen molar-refractivity contribution in [2.45, 2.75) is 6.04 Å². The third-order valence-electron chi connectivity index (χ3n) is 4.09. The smallest absolute Gasteiger partial charge is 0.256 e. The zero-order valence-electron chi connectivity index (χ0n) is 14.5. The van der Waals surface area contributed by atoms with Gasteiger partial charge in [-0.2, -0.15) is 10.4 Å². The predicted molar refractivity (Wildman–Crippen MR) is 97.5 cm³/mol. The number of amides is 1. The van der Waals surface area contributed by atoms with Crippen LogP contribution in [0.4, 0.5) is 0 Å². The average molecular weight is 346 g/mol. The molecule has 0 radical (unpaired) electrons. The van der Waals surface area contributed by atoms with Crippen molar-refractivity contribution in [3.8, 4) is 23.1 Å². The molecule has 0 fully saturated rings. The van der Waals surface area contributed by atoms with Crippen LogP contribution in [0.1, 0.15) is 22.0 Å². The number of benzene rings is 2. The van der Waals surface area contributed by atoms with Gasteiger partial charge in [0.25, 0.3) is 5.91 Å². The molecule has 130 valence electrons. The van der Waals surface area contributed by atoms with Crippen molar-refractivity contribution in [2.24, 2.45) is 7.05 Å². The van der Waals surface area contributed by atoms with E-state index in [1.807, 2.05) is 36.4 Å². The molecule has 0 aliphatic heterocycles. The predicted octanol–water partition coefficient (Wildman–Crippen LogP) is 3.09. The number of nitrogens with zero attached hydrogens (tertiary/aromatic N) is 3. The largest absolute Gasteiger partial charge is 0.496 e. The van der Waals surface area contributed by atoms with Crippen LogP contribution in [0.3, 0.4) is 0 Å². The van der Waals surface area contributed by atoms with Crippen LogP contribution >= 0.6 is 0 Å². The molecule has 1 amide bonds. The molecule has 6 nitrogen and oxygen atoms in total. The van der Waals surface area contributed by atoms with Crippen LogP contribution in [0.2, 0.25) is 0 Å². The minimum absolute atomic E-state index is 0.366. The molecule has 0 unspecified atom stereocenters. The molecule has 0 bridgehead atoms. The van der Waals surface area contributed by atoms with Gasteiger partial charge in [0.2, 0.25) is 0 Å². The SMILES string of the molecule is COc1ccccc1[C@H](C#N)NC(=O)c1cnn(C)c1-c1ccccc1. The van der Waals surface area contributed by atoms with E-state index >= 15 is 0 Å². The van der Waals surface area contributed by atoms with Gasteiger partial charge in [-0.3, -0.25) is 9.48 Å². The number of nitrogens with one attached hydrogen (secondary N) is 1. The Morgan fingerprint density at radius 1 is 1.19 bits per heavy atom. The molecule has 2 aromatic carbocycles. The normalized spacial score (nSPS) is 11.4. The fourth-order valence-electron chi connectivity index (χ4n) is 2.84. The van der Waals surface area contributed by atoms with Crippen molar-refractivity contribution < 1.29 is 9.53 Å². The number of hydrogen-bond donors (Lipinski definition) is 1. The van der Waals surface area contributed by atoms with Crippen LogP contribution < -0.4 is 10.1 Å². The van der Waals surface area contributed by atoms with Crippen LogP contribution in [0, 0.1) is 11.3 Å². The number of carbonyl (C=O) groups excluding carboxylic acids is 1. The molecule has 3 aromatic rings. The summed E-state index contributed by atoms with van der Waals surface area (Å²) >= 11 is 0. The van der Waals surface area contributed by atoms with Gasteiger partial charge in [0, 0.05) is 18.2 Å². The highest BCUT2D eigenvalue weighted by Gasteiger charge is 2.22. The summed E-state index contributed by atoms with van der Waals surface area (Å²) in [4.78, 5) is 12.8. The van der Waals surface area contributed by atoms with Crippen molar-refractivity contribution in [2.75, 3.05) is 7.11 Å². The van der Waals surface area contributed by atoms with E-state index < -0.39 is 6.04 Å². The first-order chi connectivity index (χ1) is 12.7. The van der Waals surface area contributed by atoms with Gasteiger partial charge in [-0.05, 0) is 6.07 Å². The number of para-hydroxylation sites is 1. The monoisotopic (exact) mass is 346 g/mol. The number of rotatable bonds is 5. The molecular weight excluding hydrogens is 328 g/mol. The van der Waals surface area contributed by atoms with Crippen molar-refractivity contribution >= 4 is 5.91 Å². The third kappa shape index (κ3) is 3.28. The molecule has 1 heterocycles. The number of aromatic nitrogens is 2. The van der Waals surface area contributed by atoms with Crippen LogP contribution in [-0.2, 0) is 7.05 Å². The fourth-order valence-corrected chi connectivity index (χ4v) is 2.84. The first-order valence-corrected chi connectivity index (χ1v) is 8.06. The van der Waals surface area contributed by atoms with Crippen LogP contribution in [-0.4, -0.2) is 22.8 Å². The molecule has 6 heteroatoms. The Morgan fingerprint density at radius 2 is 1.88 bits per heavy atom. The number of hydrogen-bond acceptors (Lipinski definition) is 4. The zero-order valence-corrected chi connectivity index (χ0v) is 14.5. The lowest BCUT2D eigenvalue weighted by Gasteiger charge is -2.15. The average Bonchev–Trinajstić information content (AvgIpc) is 3.08. The Bertz CT molecular complexity index is 957. The van der Waals surface area contributed by atoms with Gasteiger partial charge in [-0.15, -0.1) is 0 Å². The zero-order chi connectivity index (χ0) is 18.5. The first kappa shape index (κ1) is 17.2. The number of nitriles is 1. The summed E-state index contributed by atoms with van der Waals surface area (Å²) in [5.74, 6) is 0.184. The van der Waals surface area contributed by atoms with E-state index in [4.69, 9.17) is 4.74 Å². The number of ether oxygens (including phenoxy) is 1. The molecule has 0 spiro atoms. The molecule has 0 saturated carbocycles. The summed E-state index contributed by atoms with van der Waals surface area (Å²) < 4.78 is 6.94. The lowest BCUT2D eigenvalue weighted by molar-refractivity contribution is 0.0945. The quantitative estimate of drug-likeness (QED) is 0.770. The number of carbonyl (C=O) groups is 1. The second-order valence-corrected chi connectivity index (χ2v) is 5.67. The van der Waals surface area contributed by atoms with Crippen molar-refractivity contribution in [3.05, 3.63) is 71.9 Å². The van der Waals surface area contributed by atoms with E-state index in [1.54, 1.807) is 29.9 Å². The van der Waals surface area contributed by atoms with Crippen LogP contribution in [0.5, 0.6) is 5.75 Å². The maximum Gasteiger partial charge on any atom is 0.256 e. The summed E-state index contributed by atoms with van der Waals surface area (Å²) in [6.07, 6.45) is 1.51. The first-order valence-electron chi connectivity index (χ1n) is 8.06. The lowest BCUT2D eigenvalue weighted by atomic mass is 10.0. The van der Waals surface area contributed by atoms with Crippen LogP contribution in [0.25, 0.3) is 11.3 Å². The maximum atomic E-state index is 12.8. The maximum absolute atomic E-state index is 12.8. The molecule has 1 N–H and O–H groups in total. The Kier molecular flexibility index (Phi) is 4.99. The number of methoxy groups -OCH3 is 1. The Labute approximate surface area is 151 Å². The van der Waals surface area contributed by atoms with Gasteiger partial charge >= 0.3 is 0 Å². The lowest BCUT2D eigenvalue weighted by Crippen LogP contribution is -2.28. The van der Waals surface area contributed by atoms with Gasteiger partial charge in [0.15, 0.2) is 0 Å². The van der Waals surface area contributed by atoms with Crippen molar-refractivity contribution in [1.29, 1.82) is 5.26 Å². The van der Waals surface area contributed by atoms with Gasteiger partial charge in [-0.1, -0.05) is 48.5 Å². The molecule has 1 atom stereocenters. The van der Waals surface area contributed by atoms with E-state index in [0.29, 0.717) is 22.6 Å². The highest BCUT2D eigenvalue weighted by Crippen LogP contribution is 2.26.